The van der Waals surface area contributed by atoms with Crippen LogP contribution in [0.1, 0.15) is 27.7 Å². The van der Waals surface area contributed by atoms with Crippen molar-refractivity contribution in [3.63, 3.8) is 0 Å². The van der Waals surface area contributed by atoms with Gasteiger partial charge < -0.3 is 18.6 Å². The second-order valence-electron chi connectivity index (χ2n) is 8.06. The fourth-order valence-corrected chi connectivity index (χ4v) is 9.62. The third-order valence-corrected chi connectivity index (χ3v) is 11.4. The maximum Gasteiger partial charge on any atom is 0.510 e. The number of carbonyl (C=O) groups excluding carboxylic acids is 1. The molecule has 0 aromatic heterocycles. The van der Waals surface area contributed by atoms with Crippen molar-refractivity contribution in [3.05, 3.63) is 60.7 Å². The summed E-state index contributed by atoms with van der Waals surface area (Å²) in [5.41, 5.74) is 0. The number of ether oxygens (including phenoxy) is 3. The Balaban J connectivity index is 2.04. The van der Waals surface area contributed by atoms with Crippen molar-refractivity contribution in [1.82, 2.24) is 0 Å². The van der Waals surface area contributed by atoms with Gasteiger partial charge in [-0.3, -0.25) is 0 Å². The SMILES string of the molecule is COC(=O)OC1CSC(C)(O[Si](c2ccccc2)(c2ccccc2)C(C)(C)C)O1. The van der Waals surface area contributed by atoms with Crippen molar-refractivity contribution in [3.8, 4) is 0 Å². The number of carbonyl (C=O) groups is 1. The number of methoxy groups -OCH3 is 1. The van der Waals surface area contributed by atoms with E-state index in [-0.39, 0.29) is 5.04 Å². The number of rotatable bonds is 5. The second kappa shape index (κ2) is 8.51. The van der Waals surface area contributed by atoms with Crippen molar-refractivity contribution < 1.29 is 23.4 Å². The summed E-state index contributed by atoms with van der Waals surface area (Å²) in [6, 6.07) is 20.7. The molecule has 3 rings (SSSR count). The first-order valence-corrected chi connectivity index (χ1v) is 12.5. The van der Waals surface area contributed by atoms with Crippen LogP contribution in [0.5, 0.6) is 0 Å². The summed E-state index contributed by atoms with van der Waals surface area (Å²) >= 11 is 1.50. The van der Waals surface area contributed by atoms with E-state index in [1.54, 1.807) is 0 Å². The summed E-state index contributed by atoms with van der Waals surface area (Å²) in [4.78, 5) is 11.5. The lowest BCUT2D eigenvalue weighted by Crippen LogP contribution is -2.69. The van der Waals surface area contributed by atoms with E-state index in [1.807, 2.05) is 43.3 Å². The number of thioether (sulfide) groups is 1. The first kappa shape index (κ1) is 21.9. The van der Waals surface area contributed by atoms with Gasteiger partial charge in [0.1, 0.15) is 0 Å². The first-order chi connectivity index (χ1) is 13.7. The molecule has 0 saturated carbocycles. The van der Waals surface area contributed by atoms with Gasteiger partial charge in [-0.2, -0.15) is 0 Å². The highest BCUT2D eigenvalue weighted by Crippen LogP contribution is 2.45. The summed E-state index contributed by atoms with van der Waals surface area (Å²) in [7, 11) is -1.50. The Morgan fingerprint density at radius 1 is 1.07 bits per heavy atom. The maximum atomic E-state index is 11.5. The molecule has 2 aromatic carbocycles. The number of hydrogen-bond donors (Lipinski definition) is 0. The van der Waals surface area contributed by atoms with Crippen LogP contribution in [0.15, 0.2) is 60.7 Å². The molecule has 1 fully saturated rings. The van der Waals surface area contributed by atoms with E-state index >= 15 is 0 Å². The highest BCUT2D eigenvalue weighted by atomic mass is 32.2. The smallest absolute Gasteiger partial charge is 0.438 e. The third kappa shape index (κ3) is 4.53. The van der Waals surface area contributed by atoms with Gasteiger partial charge in [0.25, 0.3) is 8.32 Å². The molecule has 0 bridgehead atoms. The molecule has 0 aliphatic carbocycles. The lowest BCUT2D eigenvalue weighted by molar-refractivity contribution is -0.193. The summed E-state index contributed by atoms with van der Waals surface area (Å²) in [6.07, 6.45) is -1.47. The molecule has 2 unspecified atom stereocenters. The van der Waals surface area contributed by atoms with Crippen molar-refractivity contribution in [1.29, 1.82) is 0 Å². The molecule has 1 saturated heterocycles. The van der Waals surface area contributed by atoms with Gasteiger partial charge in [-0.25, -0.2) is 4.79 Å². The van der Waals surface area contributed by atoms with Crippen LogP contribution in [0.3, 0.4) is 0 Å². The Labute approximate surface area is 177 Å². The van der Waals surface area contributed by atoms with E-state index in [4.69, 9.17) is 13.9 Å². The van der Waals surface area contributed by atoms with Crippen LogP contribution >= 0.6 is 11.8 Å². The molecule has 1 aliphatic heterocycles. The molecule has 1 heterocycles. The van der Waals surface area contributed by atoms with Gasteiger partial charge in [0.05, 0.1) is 12.9 Å². The molecule has 0 radical (unpaired) electrons. The predicted octanol–water partition coefficient (Wildman–Crippen LogP) is 4.11. The monoisotopic (exact) mass is 432 g/mol. The molecule has 1 aliphatic rings. The lowest BCUT2D eigenvalue weighted by atomic mass is 10.2. The number of benzene rings is 2. The van der Waals surface area contributed by atoms with Gasteiger partial charge in [0.2, 0.25) is 11.4 Å². The van der Waals surface area contributed by atoms with Gasteiger partial charge in [0.15, 0.2) is 0 Å². The first-order valence-electron chi connectivity index (χ1n) is 9.58. The molecule has 0 spiro atoms. The zero-order valence-corrected chi connectivity index (χ0v) is 19.3. The topological polar surface area (TPSA) is 54.0 Å². The fraction of sp³-hybridized carbons (Fsp3) is 0.409. The minimum Gasteiger partial charge on any atom is -0.438 e. The normalized spacial score (nSPS) is 22.3. The molecule has 0 amide bonds. The van der Waals surface area contributed by atoms with Gasteiger partial charge in [-0.1, -0.05) is 93.2 Å². The molecular formula is C22H28O5SSi. The molecule has 2 aromatic rings. The standard InChI is InChI=1S/C22H28O5SSi/c1-21(2,3)29(17-12-8-6-9-13-17,18-14-10-7-11-15-18)27-22(4)26-19(16-28-22)25-20(23)24-5/h6-15,19H,16H2,1-5H3. The molecule has 7 heteroatoms. The Kier molecular flexibility index (Phi) is 6.43. The zero-order chi connectivity index (χ0) is 21.1. The molecular weight excluding hydrogens is 404 g/mol. The fourth-order valence-electron chi connectivity index (χ4n) is 3.72. The van der Waals surface area contributed by atoms with E-state index in [2.05, 4.69) is 49.8 Å². The van der Waals surface area contributed by atoms with Gasteiger partial charge in [0, 0.05) is 0 Å². The van der Waals surface area contributed by atoms with Crippen molar-refractivity contribution >= 4 is 36.6 Å². The van der Waals surface area contributed by atoms with Crippen LogP contribution in [0, 0.1) is 0 Å². The highest BCUT2D eigenvalue weighted by Gasteiger charge is 2.56. The number of hydrogen-bond acceptors (Lipinski definition) is 6. The molecule has 156 valence electrons. The van der Waals surface area contributed by atoms with Crippen LogP contribution in [-0.4, -0.2) is 38.7 Å². The second-order valence-corrected chi connectivity index (χ2v) is 13.6. The van der Waals surface area contributed by atoms with Crippen LogP contribution in [-0.2, 0) is 18.6 Å². The highest BCUT2D eigenvalue weighted by molar-refractivity contribution is 8.00. The van der Waals surface area contributed by atoms with E-state index in [0.717, 1.165) is 0 Å². The lowest BCUT2D eigenvalue weighted by Gasteiger charge is -2.46. The molecule has 5 nitrogen and oxygen atoms in total. The van der Waals surface area contributed by atoms with E-state index < -0.39 is 25.9 Å². The minimum absolute atomic E-state index is 0.177. The Hall–Kier alpha value is -1.80. The largest absolute Gasteiger partial charge is 0.510 e. The average Bonchev–Trinajstić information content (AvgIpc) is 3.07. The quantitative estimate of drug-likeness (QED) is 0.524. The van der Waals surface area contributed by atoms with Crippen molar-refractivity contribution in [2.75, 3.05) is 12.9 Å². The van der Waals surface area contributed by atoms with Crippen molar-refractivity contribution in [2.24, 2.45) is 0 Å². The summed E-state index contributed by atoms with van der Waals surface area (Å²) in [6.45, 7) is 8.54. The third-order valence-electron chi connectivity index (χ3n) is 4.98. The van der Waals surface area contributed by atoms with E-state index in [0.29, 0.717) is 5.75 Å². The maximum absolute atomic E-state index is 11.5. The van der Waals surface area contributed by atoms with Crippen LogP contribution in [0.25, 0.3) is 0 Å². The predicted molar refractivity (Wildman–Crippen MR) is 118 cm³/mol. The van der Waals surface area contributed by atoms with Gasteiger partial charge >= 0.3 is 6.16 Å². The minimum atomic E-state index is -2.78. The van der Waals surface area contributed by atoms with Gasteiger partial charge in [-0.05, 0) is 22.3 Å². The summed E-state index contributed by atoms with van der Waals surface area (Å²) in [5.74, 6) is 0.476. The van der Waals surface area contributed by atoms with E-state index in [1.165, 1.54) is 29.2 Å². The Morgan fingerprint density at radius 2 is 1.59 bits per heavy atom. The van der Waals surface area contributed by atoms with E-state index in [9.17, 15) is 4.79 Å². The van der Waals surface area contributed by atoms with Crippen molar-refractivity contribution in [2.45, 2.75) is 44.1 Å². The molecule has 0 N–H and O–H groups in total. The average molecular weight is 433 g/mol. The summed E-state index contributed by atoms with van der Waals surface area (Å²) in [5, 5.41) is 1.20. The van der Waals surface area contributed by atoms with Crippen LogP contribution < -0.4 is 10.4 Å². The molecule has 29 heavy (non-hydrogen) atoms. The van der Waals surface area contributed by atoms with Crippen LogP contribution in [0.4, 0.5) is 4.79 Å². The van der Waals surface area contributed by atoms with Gasteiger partial charge in [-0.15, -0.1) is 0 Å². The summed E-state index contributed by atoms with van der Waals surface area (Å²) < 4.78 is 22.9. The Morgan fingerprint density at radius 3 is 2.03 bits per heavy atom. The Bertz CT molecular complexity index is 785. The zero-order valence-electron chi connectivity index (χ0n) is 17.5. The van der Waals surface area contributed by atoms with Crippen LogP contribution in [0.2, 0.25) is 5.04 Å². The molecule has 2 atom stereocenters.